The number of aryl methyl sites for hydroxylation is 2. The third-order valence-corrected chi connectivity index (χ3v) is 8.04. The minimum atomic E-state index is -1.11. The number of esters is 1. The fourth-order valence-corrected chi connectivity index (χ4v) is 6.14. The quantitative estimate of drug-likeness (QED) is 0.564. The zero-order valence-electron chi connectivity index (χ0n) is 20.7. The molecule has 3 heterocycles. The predicted molar refractivity (Wildman–Crippen MR) is 126 cm³/mol. The van der Waals surface area contributed by atoms with Crippen LogP contribution in [0.1, 0.15) is 51.2 Å². The minimum absolute atomic E-state index is 0.0431. The molecule has 1 spiro atoms. The smallest absolute Gasteiger partial charge is 0.312 e. The van der Waals surface area contributed by atoms with Crippen molar-refractivity contribution in [2.24, 2.45) is 17.8 Å². The second kappa shape index (κ2) is 9.30. The third kappa shape index (κ3) is 3.71. The second-order valence-corrected chi connectivity index (χ2v) is 10.00. The van der Waals surface area contributed by atoms with Crippen LogP contribution in [0.2, 0.25) is 0 Å². The monoisotopic (exact) mass is 472 g/mol. The van der Waals surface area contributed by atoms with E-state index in [1.54, 1.807) is 6.92 Å². The summed E-state index contributed by atoms with van der Waals surface area (Å²) in [6.45, 7) is 9.48. The number of anilines is 1. The molecule has 7 atom stereocenters. The molecule has 3 aliphatic heterocycles. The van der Waals surface area contributed by atoms with E-state index in [1.807, 2.05) is 45.9 Å². The van der Waals surface area contributed by atoms with Crippen LogP contribution in [0.5, 0.6) is 0 Å². The summed E-state index contributed by atoms with van der Waals surface area (Å²) in [4.78, 5) is 42.3. The molecule has 2 unspecified atom stereocenters. The number of benzene rings is 1. The lowest BCUT2D eigenvalue weighted by Crippen LogP contribution is -2.57. The highest BCUT2D eigenvalue weighted by atomic mass is 16.6. The summed E-state index contributed by atoms with van der Waals surface area (Å²) in [6.07, 6.45) is 1.37. The van der Waals surface area contributed by atoms with Gasteiger partial charge in [0.2, 0.25) is 11.8 Å². The first-order valence-electron chi connectivity index (χ1n) is 12.4. The molecule has 1 aromatic carbocycles. The molecule has 0 saturated carbocycles. The number of carbonyl (C=O) groups excluding carboxylic acids is 3. The second-order valence-electron chi connectivity index (χ2n) is 10.00. The van der Waals surface area contributed by atoms with Crippen molar-refractivity contribution in [3.63, 3.8) is 0 Å². The lowest BCUT2D eigenvalue weighted by Gasteiger charge is -2.38. The lowest BCUT2D eigenvalue weighted by molar-refractivity contribution is -0.155. The van der Waals surface area contributed by atoms with Gasteiger partial charge in [0, 0.05) is 5.69 Å². The highest BCUT2D eigenvalue weighted by Crippen LogP contribution is 2.59. The molecule has 3 saturated heterocycles. The number of aliphatic hydroxyl groups excluding tert-OH is 1. The first-order valence-corrected chi connectivity index (χ1v) is 12.4. The molecular formula is C26H36N2O6. The summed E-state index contributed by atoms with van der Waals surface area (Å²) < 4.78 is 11.7. The Balaban J connectivity index is 1.77. The number of amides is 2. The largest absolute Gasteiger partial charge is 0.466 e. The SMILES string of the molecule is CCOC(=O)[C@@H]1[C@@H]2CCC3(O2)C(C(=O)Nc2cc(C)ccc2C)N([C@@H](CO)[C@@H](C)CC)C(=O)[C@H]13. The Kier molecular flexibility index (Phi) is 6.75. The number of likely N-dealkylation sites (tertiary alicyclic amines) is 1. The number of rotatable bonds is 8. The van der Waals surface area contributed by atoms with Crippen molar-refractivity contribution in [1.29, 1.82) is 0 Å². The lowest BCUT2D eigenvalue weighted by atomic mass is 9.70. The number of nitrogens with one attached hydrogen (secondary N) is 1. The zero-order chi connectivity index (χ0) is 24.8. The summed E-state index contributed by atoms with van der Waals surface area (Å²) >= 11 is 0. The number of fused-ring (bicyclic) bond motifs is 1. The fourth-order valence-electron chi connectivity index (χ4n) is 6.14. The van der Waals surface area contributed by atoms with Crippen LogP contribution in [-0.2, 0) is 23.9 Å². The van der Waals surface area contributed by atoms with Gasteiger partial charge in [0.25, 0.3) is 0 Å². The van der Waals surface area contributed by atoms with E-state index in [9.17, 15) is 19.5 Å². The molecule has 186 valence electrons. The number of carbonyl (C=O) groups is 3. The average molecular weight is 473 g/mol. The molecule has 4 rings (SSSR count). The van der Waals surface area contributed by atoms with Crippen LogP contribution in [0.4, 0.5) is 5.69 Å². The van der Waals surface area contributed by atoms with Crippen molar-refractivity contribution in [2.45, 2.75) is 77.7 Å². The van der Waals surface area contributed by atoms with Gasteiger partial charge in [-0.3, -0.25) is 14.4 Å². The molecule has 3 aliphatic rings. The van der Waals surface area contributed by atoms with Crippen LogP contribution >= 0.6 is 0 Å². The van der Waals surface area contributed by atoms with E-state index >= 15 is 0 Å². The molecule has 1 aromatic rings. The van der Waals surface area contributed by atoms with Crippen molar-refractivity contribution >= 4 is 23.5 Å². The Hall–Kier alpha value is -2.45. The average Bonchev–Trinajstić information content (AvgIpc) is 3.44. The predicted octanol–water partition coefficient (Wildman–Crippen LogP) is 2.59. The standard InChI is InChI=1S/C26H36N2O6/c1-6-15(4)18(13-29)28-22(23(30)27-17-12-14(3)8-9-16(17)5)26-11-10-19(34-26)20(21(26)24(28)31)25(32)33-7-2/h8-9,12,15,18-22,29H,6-7,10-11,13H2,1-5H3,(H,27,30)/t15-,18-,19-,20+,21-,22?,26?/m0/s1. The minimum Gasteiger partial charge on any atom is -0.466 e. The number of hydrogen-bond acceptors (Lipinski definition) is 6. The molecule has 0 aromatic heterocycles. The fraction of sp³-hybridized carbons (Fsp3) is 0.654. The molecular weight excluding hydrogens is 436 g/mol. The van der Waals surface area contributed by atoms with Gasteiger partial charge in [0.05, 0.1) is 37.2 Å². The molecule has 3 fully saturated rings. The van der Waals surface area contributed by atoms with Crippen LogP contribution < -0.4 is 5.32 Å². The van der Waals surface area contributed by atoms with Gasteiger partial charge >= 0.3 is 5.97 Å². The highest BCUT2D eigenvalue weighted by molar-refractivity contribution is 6.03. The molecule has 8 nitrogen and oxygen atoms in total. The van der Waals surface area contributed by atoms with Gasteiger partial charge in [-0.2, -0.15) is 0 Å². The maximum Gasteiger partial charge on any atom is 0.312 e. The number of ether oxygens (including phenoxy) is 2. The van der Waals surface area contributed by atoms with Gasteiger partial charge in [-0.1, -0.05) is 32.4 Å². The normalized spacial score (nSPS) is 31.4. The van der Waals surface area contributed by atoms with Crippen molar-refractivity contribution in [2.75, 3.05) is 18.5 Å². The summed E-state index contributed by atoms with van der Waals surface area (Å²) in [5, 5.41) is 13.3. The van der Waals surface area contributed by atoms with E-state index in [4.69, 9.17) is 9.47 Å². The Labute approximate surface area is 201 Å². The topological polar surface area (TPSA) is 105 Å². The zero-order valence-corrected chi connectivity index (χ0v) is 20.7. The van der Waals surface area contributed by atoms with Crippen molar-refractivity contribution in [3.05, 3.63) is 29.3 Å². The Bertz CT molecular complexity index is 980. The van der Waals surface area contributed by atoms with E-state index < -0.39 is 41.6 Å². The first-order chi connectivity index (χ1) is 16.2. The van der Waals surface area contributed by atoms with Crippen molar-refractivity contribution in [3.8, 4) is 0 Å². The van der Waals surface area contributed by atoms with Crippen LogP contribution in [0.25, 0.3) is 0 Å². The number of aliphatic hydroxyl groups is 1. The maximum atomic E-state index is 13.9. The summed E-state index contributed by atoms with van der Waals surface area (Å²) in [5.41, 5.74) is 1.48. The number of hydrogen-bond donors (Lipinski definition) is 2. The Morgan fingerprint density at radius 2 is 2.06 bits per heavy atom. The number of nitrogens with zero attached hydrogens (tertiary/aromatic N) is 1. The highest BCUT2D eigenvalue weighted by Gasteiger charge is 2.75. The van der Waals surface area contributed by atoms with Gasteiger partial charge in [-0.25, -0.2) is 0 Å². The molecule has 34 heavy (non-hydrogen) atoms. The van der Waals surface area contributed by atoms with Gasteiger partial charge in [-0.15, -0.1) is 0 Å². The molecule has 8 heteroatoms. The van der Waals surface area contributed by atoms with Gasteiger partial charge in [0.1, 0.15) is 11.6 Å². The van der Waals surface area contributed by atoms with Crippen molar-refractivity contribution in [1.82, 2.24) is 4.90 Å². The van der Waals surface area contributed by atoms with Crippen LogP contribution in [-0.4, -0.2) is 64.8 Å². The van der Waals surface area contributed by atoms with Crippen LogP contribution in [0.15, 0.2) is 18.2 Å². The maximum absolute atomic E-state index is 13.9. The van der Waals surface area contributed by atoms with E-state index in [-0.39, 0.29) is 30.9 Å². The first kappa shape index (κ1) is 24.7. The van der Waals surface area contributed by atoms with E-state index in [0.29, 0.717) is 18.5 Å². The van der Waals surface area contributed by atoms with Gasteiger partial charge < -0.3 is 24.8 Å². The summed E-state index contributed by atoms with van der Waals surface area (Å²) in [5.74, 6) is -2.68. The molecule has 0 aliphatic carbocycles. The molecule has 2 amide bonds. The van der Waals surface area contributed by atoms with Crippen LogP contribution in [0, 0.1) is 31.6 Å². The summed E-state index contributed by atoms with van der Waals surface area (Å²) in [6, 6.07) is 4.31. The van der Waals surface area contributed by atoms with E-state index in [0.717, 1.165) is 17.5 Å². The molecule has 2 N–H and O–H groups in total. The molecule has 2 bridgehead atoms. The van der Waals surface area contributed by atoms with Crippen LogP contribution in [0.3, 0.4) is 0 Å². The van der Waals surface area contributed by atoms with Gasteiger partial charge in [-0.05, 0) is 56.7 Å². The third-order valence-electron chi connectivity index (χ3n) is 8.04. The van der Waals surface area contributed by atoms with E-state index in [2.05, 4.69) is 5.32 Å². The van der Waals surface area contributed by atoms with Gasteiger partial charge in [0.15, 0.2) is 0 Å². The Morgan fingerprint density at radius 3 is 2.71 bits per heavy atom. The summed E-state index contributed by atoms with van der Waals surface area (Å²) in [7, 11) is 0. The van der Waals surface area contributed by atoms with E-state index in [1.165, 1.54) is 4.90 Å². The molecule has 0 radical (unpaired) electrons. The Morgan fingerprint density at radius 1 is 1.32 bits per heavy atom. The van der Waals surface area contributed by atoms with Crippen molar-refractivity contribution < 1.29 is 29.0 Å².